The highest BCUT2D eigenvalue weighted by molar-refractivity contribution is 6.37. The molecule has 1 aliphatic heterocycles. The van der Waals surface area contributed by atoms with Gasteiger partial charge in [0.15, 0.2) is 0 Å². The first-order chi connectivity index (χ1) is 11.0. The summed E-state index contributed by atoms with van der Waals surface area (Å²) in [7, 11) is 0. The number of nitro benzene ring substituents is 1. The molecule has 2 aromatic rings. The third kappa shape index (κ3) is 2.65. The first-order valence-corrected chi connectivity index (χ1v) is 6.89. The second kappa shape index (κ2) is 5.55. The fourth-order valence-electron chi connectivity index (χ4n) is 2.35. The number of fused-ring (bicyclic) bond motifs is 1. The van der Waals surface area contributed by atoms with Crippen LogP contribution in [0, 0.1) is 21.4 Å². The lowest BCUT2D eigenvalue weighted by atomic mass is 10.0. The van der Waals surface area contributed by atoms with E-state index in [-0.39, 0.29) is 22.2 Å². The van der Waals surface area contributed by atoms with E-state index >= 15 is 0 Å². The van der Waals surface area contributed by atoms with E-state index in [1.165, 1.54) is 12.1 Å². The molecule has 7 heteroatoms. The van der Waals surface area contributed by atoms with E-state index in [1.807, 2.05) is 6.07 Å². The summed E-state index contributed by atoms with van der Waals surface area (Å²) in [6.07, 6.45) is 1.58. The lowest BCUT2D eigenvalue weighted by Crippen LogP contribution is -2.03. The van der Waals surface area contributed by atoms with Crippen LogP contribution < -0.4 is 5.32 Å². The van der Waals surface area contributed by atoms with E-state index in [1.54, 1.807) is 30.3 Å². The Morgan fingerprint density at radius 3 is 2.78 bits per heavy atom. The molecule has 1 aliphatic rings. The topological polar surface area (TPSA) is 96.0 Å². The van der Waals surface area contributed by atoms with Crippen LogP contribution >= 0.6 is 11.6 Å². The van der Waals surface area contributed by atoms with Gasteiger partial charge in [-0.05, 0) is 29.8 Å². The molecule has 6 nitrogen and oxygen atoms in total. The number of nitrogens with zero attached hydrogens (tertiary/aromatic N) is 2. The summed E-state index contributed by atoms with van der Waals surface area (Å²) >= 11 is 5.85. The highest BCUT2D eigenvalue weighted by atomic mass is 35.5. The van der Waals surface area contributed by atoms with Gasteiger partial charge in [0.2, 0.25) is 0 Å². The number of nitrogens with one attached hydrogen (secondary N) is 1. The average Bonchev–Trinajstić information content (AvgIpc) is 2.81. The molecule has 112 valence electrons. The second-order valence-electron chi connectivity index (χ2n) is 4.86. The van der Waals surface area contributed by atoms with Gasteiger partial charge in [-0.25, -0.2) is 0 Å². The first-order valence-electron chi connectivity index (χ1n) is 6.51. The zero-order chi connectivity index (χ0) is 16.6. The van der Waals surface area contributed by atoms with Crippen LogP contribution in [0.3, 0.4) is 0 Å². The molecule has 0 radical (unpaired) electrons. The summed E-state index contributed by atoms with van der Waals surface area (Å²) in [5.41, 5.74) is 1.97. The normalized spacial score (nSPS) is 14.3. The molecule has 1 amide bonds. The molecule has 23 heavy (non-hydrogen) atoms. The molecule has 0 bridgehead atoms. The standard InChI is InChI=1S/C16H8ClN3O3/c17-13-7-14-11(6-15(13)20(22)23)12(16(21)19-14)5-9-2-1-3-10(4-9)8-18/h1-7H,(H,19,21)/b12-5+. The maximum atomic E-state index is 12.1. The second-order valence-corrected chi connectivity index (χ2v) is 5.26. The molecular formula is C16H8ClN3O3. The summed E-state index contributed by atoms with van der Waals surface area (Å²) in [6.45, 7) is 0. The van der Waals surface area contributed by atoms with Crippen LogP contribution in [0.2, 0.25) is 5.02 Å². The number of nitro groups is 1. The van der Waals surface area contributed by atoms with Crippen LogP contribution in [0.25, 0.3) is 11.6 Å². The van der Waals surface area contributed by atoms with E-state index in [0.717, 1.165) is 0 Å². The summed E-state index contributed by atoms with van der Waals surface area (Å²) in [5, 5.41) is 22.5. The van der Waals surface area contributed by atoms with Crippen molar-refractivity contribution in [2.75, 3.05) is 5.32 Å². The van der Waals surface area contributed by atoms with Crippen LogP contribution in [-0.2, 0) is 4.79 Å². The molecule has 2 aromatic carbocycles. The van der Waals surface area contributed by atoms with Crippen molar-refractivity contribution in [1.82, 2.24) is 0 Å². The van der Waals surface area contributed by atoms with Crippen molar-refractivity contribution in [2.24, 2.45) is 0 Å². The Kier molecular flexibility index (Phi) is 3.56. The van der Waals surface area contributed by atoms with E-state index in [2.05, 4.69) is 5.32 Å². The zero-order valence-corrected chi connectivity index (χ0v) is 12.3. The van der Waals surface area contributed by atoms with Crippen molar-refractivity contribution in [3.8, 4) is 6.07 Å². The largest absolute Gasteiger partial charge is 0.321 e. The Morgan fingerprint density at radius 1 is 1.30 bits per heavy atom. The number of rotatable bonds is 2. The average molecular weight is 326 g/mol. The zero-order valence-electron chi connectivity index (χ0n) is 11.5. The van der Waals surface area contributed by atoms with Crippen molar-refractivity contribution >= 4 is 40.5 Å². The molecule has 1 N–H and O–H groups in total. The van der Waals surface area contributed by atoms with Gasteiger partial charge >= 0.3 is 0 Å². The Labute approximate surface area is 135 Å². The molecule has 0 saturated carbocycles. The van der Waals surface area contributed by atoms with Crippen LogP contribution in [0.5, 0.6) is 0 Å². The maximum Gasteiger partial charge on any atom is 0.288 e. The third-order valence-electron chi connectivity index (χ3n) is 3.39. The summed E-state index contributed by atoms with van der Waals surface area (Å²) in [5.74, 6) is -0.376. The Hall–Kier alpha value is -3.17. The molecule has 0 fully saturated rings. The number of benzene rings is 2. The predicted molar refractivity (Wildman–Crippen MR) is 85.8 cm³/mol. The third-order valence-corrected chi connectivity index (χ3v) is 3.70. The van der Waals surface area contributed by atoms with Crippen molar-refractivity contribution < 1.29 is 9.72 Å². The molecule has 0 spiro atoms. The van der Waals surface area contributed by atoms with Gasteiger partial charge in [0.05, 0.1) is 22.2 Å². The van der Waals surface area contributed by atoms with Crippen molar-refractivity contribution in [1.29, 1.82) is 5.26 Å². The lowest BCUT2D eigenvalue weighted by molar-refractivity contribution is -0.384. The van der Waals surface area contributed by atoms with Crippen LogP contribution in [0.1, 0.15) is 16.7 Å². The van der Waals surface area contributed by atoms with E-state index in [0.29, 0.717) is 22.4 Å². The van der Waals surface area contributed by atoms with Gasteiger partial charge in [0.1, 0.15) is 5.02 Å². The van der Waals surface area contributed by atoms with Gasteiger partial charge in [-0.2, -0.15) is 5.26 Å². The van der Waals surface area contributed by atoms with Gasteiger partial charge in [0, 0.05) is 17.2 Å². The molecule has 0 aliphatic carbocycles. The van der Waals surface area contributed by atoms with Gasteiger partial charge in [0.25, 0.3) is 11.6 Å². The molecule has 3 rings (SSSR count). The molecular weight excluding hydrogens is 318 g/mol. The monoisotopic (exact) mass is 325 g/mol. The SMILES string of the molecule is N#Cc1cccc(/C=C2/C(=O)Nc3cc(Cl)c([N+](=O)[O-])cc32)c1. The van der Waals surface area contributed by atoms with Crippen molar-refractivity contribution in [3.63, 3.8) is 0 Å². The highest BCUT2D eigenvalue weighted by Crippen LogP contribution is 2.39. The predicted octanol–water partition coefficient (Wildman–Crippen LogP) is 3.61. The maximum absolute atomic E-state index is 12.1. The first kappa shape index (κ1) is 14.8. The number of nitriles is 1. The Morgan fingerprint density at radius 2 is 2.09 bits per heavy atom. The van der Waals surface area contributed by atoms with Crippen LogP contribution in [0.15, 0.2) is 36.4 Å². The van der Waals surface area contributed by atoms with Crippen LogP contribution in [-0.4, -0.2) is 10.8 Å². The van der Waals surface area contributed by atoms with Crippen LogP contribution in [0.4, 0.5) is 11.4 Å². The van der Waals surface area contributed by atoms with E-state index in [4.69, 9.17) is 16.9 Å². The minimum absolute atomic E-state index is 0.0400. The number of hydrogen-bond acceptors (Lipinski definition) is 4. The lowest BCUT2D eigenvalue weighted by Gasteiger charge is -2.01. The number of halogens is 1. The molecule has 0 atom stereocenters. The highest BCUT2D eigenvalue weighted by Gasteiger charge is 2.28. The van der Waals surface area contributed by atoms with Gasteiger partial charge in [-0.15, -0.1) is 0 Å². The minimum atomic E-state index is -0.598. The number of carbonyl (C=O) groups is 1. The minimum Gasteiger partial charge on any atom is -0.321 e. The summed E-state index contributed by atoms with van der Waals surface area (Å²) in [4.78, 5) is 22.5. The van der Waals surface area contributed by atoms with E-state index in [9.17, 15) is 14.9 Å². The fraction of sp³-hybridized carbons (Fsp3) is 0. The molecule has 0 saturated heterocycles. The van der Waals surface area contributed by atoms with Crippen molar-refractivity contribution in [3.05, 3.63) is 68.2 Å². The summed E-state index contributed by atoms with van der Waals surface area (Å²) in [6, 6.07) is 11.4. The number of amides is 1. The Balaban J connectivity index is 2.14. The van der Waals surface area contributed by atoms with Crippen molar-refractivity contribution in [2.45, 2.75) is 0 Å². The van der Waals surface area contributed by atoms with Gasteiger partial charge < -0.3 is 5.32 Å². The number of hydrogen-bond donors (Lipinski definition) is 1. The number of carbonyl (C=O) groups excluding carboxylic acids is 1. The van der Waals surface area contributed by atoms with Gasteiger partial charge in [-0.1, -0.05) is 23.7 Å². The van der Waals surface area contributed by atoms with Gasteiger partial charge in [-0.3, -0.25) is 14.9 Å². The molecule has 0 unspecified atom stereocenters. The summed E-state index contributed by atoms with van der Waals surface area (Å²) < 4.78 is 0. The molecule has 0 aromatic heterocycles. The smallest absolute Gasteiger partial charge is 0.288 e. The Bertz CT molecular complexity index is 929. The number of anilines is 1. The molecule has 1 heterocycles. The van der Waals surface area contributed by atoms with E-state index < -0.39 is 4.92 Å². The quantitative estimate of drug-likeness (QED) is 0.518. The fourth-order valence-corrected chi connectivity index (χ4v) is 2.58.